The summed E-state index contributed by atoms with van der Waals surface area (Å²) in [6, 6.07) is 14.7. The molecule has 0 N–H and O–H groups in total. The van der Waals surface area contributed by atoms with Crippen LogP contribution in [-0.2, 0) is 6.61 Å². The maximum Gasteiger partial charge on any atom is 0.202 e. The molecule has 0 saturated heterocycles. The first-order valence-electron chi connectivity index (χ1n) is 7.54. The molecule has 0 atom stereocenters. The van der Waals surface area contributed by atoms with Crippen LogP contribution in [0.15, 0.2) is 79.3 Å². The maximum atomic E-state index is 12.6. The van der Waals surface area contributed by atoms with Crippen LogP contribution in [0.1, 0.15) is 5.56 Å². The fraction of sp³-hybridized carbons (Fsp3) is 0.0526. The molecule has 0 spiro atoms. The lowest BCUT2D eigenvalue weighted by atomic mass is 10.1. The Labute approximate surface area is 151 Å². The van der Waals surface area contributed by atoms with Gasteiger partial charge in [0.1, 0.15) is 36.2 Å². The topological polar surface area (TPSA) is 65.5 Å². The highest BCUT2D eigenvalue weighted by molar-refractivity contribution is 9.10. The van der Waals surface area contributed by atoms with E-state index in [4.69, 9.17) is 13.7 Å². The second-order valence-corrected chi connectivity index (χ2v) is 6.35. The van der Waals surface area contributed by atoms with Crippen LogP contribution in [-0.4, -0.2) is 5.16 Å². The lowest BCUT2D eigenvalue weighted by molar-refractivity contribution is 0.306. The van der Waals surface area contributed by atoms with Crippen molar-refractivity contribution < 1.29 is 13.7 Å². The first-order chi connectivity index (χ1) is 12.2. The molecular formula is C19H12BrNO4. The zero-order valence-corrected chi connectivity index (χ0v) is 14.5. The van der Waals surface area contributed by atoms with Crippen LogP contribution >= 0.6 is 15.9 Å². The molecule has 4 aromatic rings. The van der Waals surface area contributed by atoms with Crippen molar-refractivity contribution in [3.63, 3.8) is 0 Å². The Morgan fingerprint density at radius 1 is 1.08 bits per heavy atom. The third kappa shape index (κ3) is 3.21. The third-order valence-electron chi connectivity index (χ3n) is 3.78. The SMILES string of the molecule is O=c1c(-c2ccon2)coc2cc(OCc3ccc(Br)cc3)ccc12. The molecule has 0 unspecified atom stereocenters. The van der Waals surface area contributed by atoms with Gasteiger partial charge < -0.3 is 13.7 Å². The minimum Gasteiger partial charge on any atom is -0.489 e. The molecule has 2 aromatic carbocycles. The molecule has 2 heterocycles. The zero-order chi connectivity index (χ0) is 17.2. The second-order valence-electron chi connectivity index (χ2n) is 5.44. The molecule has 0 fully saturated rings. The van der Waals surface area contributed by atoms with Crippen LogP contribution in [0.3, 0.4) is 0 Å². The van der Waals surface area contributed by atoms with Crippen LogP contribution in [0, 0.1) is 0 Å². The number of fused-ring (bicyclic) bond motifs is 1. The van der Waals surface area contributed by atoms with E-state index in [1.54, 1.807) is 24.3 Å². The van der Waals surface area contributed by atoms with E-state index in [0.717, 1.165) is 10.0 Å². The fourth-order valence-electron chi connectivity index (χ4n) is 2.47. The van der Waals surface area contributed by atoms with Crippen molar-refractivity contribution in [3.8, 4) is 17.0 Å². The second kappa shape index (κ2) is 6.57. The Bertz CT molecular complexity index is 1070. The van der Waals surface area contributed by atoms with Crippen molar-refractivity contribution in [1.29, 1.82) is 0 Å². The monoisotopic (exact) mass is 397 g/mol. The lowest BCUT2D eigenvalue weighted by Gasteiger charge is -2.07. The van der Waals surface area contributed by atoms with E-state index in [-0.39, 0.29) is 5.43 Å². The van der Waals surface area contributed by atoms with Crippen molar-refractivity contribution in [2.45, 2.75) is 6.61 Å². The summed E-state index contributed by atoms with van der Waals surface area (Å²) in [5, 5.41) is 4.25. The van der Waals surface area contributed by atoms with Gasteiger partial charge in [-0.05, 0) is 29.8 Å². The Balaban J connectivity index is 1.61. The van der Waals surface area contributed by atoms with Gasteiger partial charge in [-0.25, -0.2) is 0 Å². The molecule has 0 amide bonds. The van der Waals surface area contributed by atoms with Crippen LogP contribution in [0.4, 0.5) is 0 Å². The first-order valence-corrected chi connectivity index (χ1v) is 8.33. The summed E-state index contributed by atoms with van der Waals surface area (Å²) in [5.74, 6) is 0.632. The zero-order valence-electron chi connectivity index (χ0n) is 12.9. The number of halogens is 1. The van der Waals surface area contributed by atoms with Gasteiger partial charge in [0.05, 0.1) is 10.9 Å². The van der Waals surface area contributed by atoms with E-state index in [1.165, 1.54) is 12.5 Å². The number of nitrogens with zero attached hydrogens (tertiary/aromatic N) is 1. The highest BCUT2D eigenvalue weighted by Crippen LogP contribution is 2.23. The van der Waals surface area contributed by atoms with Crippen LogP contribution in [0.5, 0.6) is 5.75 Å². The predicted molar refractivity (Wildman–Crippen MR) is 96.5 cm³/mol. The molecule has 124 valence electrons. The molecule has 0 aliphatic rings. The molecule has 4 rings (SSSR count). The summed E-state index contributed by atoms with van der Waals surface area (Å²) in [6.45, 7) is 0.431. The van der Waals surface area contributed by atoms with E-state index in [2.05, 4.69) is 21.1 Å². The Morgan fingerprint density at radius 2 is 1.92 bits per heavy atom. The molecular weight excluding hydrogens is 386 g/mol. The number of ether oxygens (including phenoxy) is 1. The van der Waals surface area contributed by atoms with E-state index in [0.29, 0.717) is 34.6 Å². The summed E-state index contributed by atoms with van der Waals surface area (Å²) in [6.07, 6.45) is 2.80. The molecule has 2 aromatic heterocycles. The van der Waals surface area contributed by atoms with Crippen molar-refractivity contribution >= 4 is 26.9 Å². The average Bonchev–Trinajstić information content (AvgIpc) is 3.16. The van der Waals surface area contributed by atoms with Crippen LogP contribution in [0.2, 0.25) is 0 Å². The highest BCUT2D eigenvalue weighted by atomic mass is 79.9. The predicted octanol–water partition coefficient (Wildman–Crippen LogP) is 4.79. The van der Waals surface area contributed by atoms with E-state index in [1.807, 2.05) is 24.3 Å². The largest absolute Gasteiger partial charge is 0.489 e. The van der Waals surface area contributed by atoms with Crippen molar-refractivity contribution in [3.05, 3.63) is 81.3 Å². The van der Waals surface area contributed by atoms with Crippen molar-refractivity contribution in [1.82, 2.24) is 5.16 Å². The Hall–Kier alpha value is -2.86. The van der Waals surface area contributed by atoms with Crippen LogP contribution in [0.25, 0.3) is 22.2 Å². The number of hydrogen-bond acceptors (Lipinski definition) is 5. The van der Waals surface area contributed by atoms with E-state index >= 15 is 0 Å². The van der Waals surface area contributed by atoms with Crippen molar-refractivity contribution in [2.24, 2.45) is 0 Å². The number of rotatable bonds is 4. The smallest absolute Gasteiger partial charge is 0.202 e. The van der Waals surface area contributed by atoms with Gasteiger partial charge in [-0.3, -0.25) is 4.79 Å². The van der Waals surface area contributed by atoms with E-state index < -0.39 is 0 Å². The molecule has 6 heteroatoms. The third-order valence-corrected chi connectivity index (χ3v) is 4.31. The quantitative estimate of drug-likeness (QED) is 0.495. The average molecular weight is 398 g/mol. The van der Waals surface area contributed by atoms with Crippen molar-refractivity contribution in [2.75, 3.05) is 0 Å². The molecule has 0 bridgehead atoms. The van der Waals surface area contributed by atoms with E-state index in [9.17, 15) is 4.79 Å². The molecule has 0 aliphatic carbocycles. The summed E-state index contributed by atoms with van der Waals surface area (Å²) in [7, 11) is 0. The normalized spacial score (nSPS) is 10.9. The Morgan fingerprint density at radius 3 is 2.68 bits per heavy atom. The highest BCUT2D eigenvalue weighted by Gasteiger charge is 2.12. The number of hydrogen-bond donors (Lipinski definition) is 0. The summed E-state index contributed by atoms with van der Waals surface area (Å²) >= 11 is 3.40. The van der Waals surface area contributed by atoms with Gasteiger partial charge in [0.2, 0.25) is 5.43 Å². The molecule has 0 saturated carbocycles. The number of benzene rings is 2. The van der Waals surface area contributed by atoms with Gasteiger partial charge in [0, 0.05) is 16.6 Å². The van der Waals surface area contributed by atoms with Gasteiger partial charge in [-0.2, -0.15) is 0 Å². The summed E-state index contributed by atoms with van der Waals surface area (Å²) in [4.78, 5) is 12.6. The van der Waals surface area contributed by atoms with Crippen LogP contribution < -0.4 is 10.2 Å². The summed E-state index contributed by atoms with van der Waals surface area (Å²) < 4.78 is 17.2. The number of aromatic nitrogens is 1. The molecule has 5 nitrogen and oxygen atoms in total. The minimum absolute atomic E-state index is 0.158. The molecule has 25 heavy (non-hydrogen) atoms. The van der Waals surface area contributed by atoms with Gasteiger partial charge in [0.25, 0.3) is 0 Å². The molecule has 0 aliphatic heterocycles. The first kappa shape index (κ1) is 15.7. The fourth-order valence-corrected chi connectivity index (χ4v) is 2.74. The summed E-state index contributed by atoms with van der Waals surface area (Å²) in [5.41, 5.74) is 2.17. The minimum atomic E-state index is -0.158. The van der Waals surface area contributed by atoms with Gasteiger partial charge in [-0.15, -0.1) is 0 Å². The lowest BCUT2D eigenvalue weighted by Crippen LogP contribution is -2.05. The molecule has 0 radical (unpaired) electrons. The van der Waals surface area contributed by atoms with Gasteiger partial charge in [-0.1, -0.05) is 33.2 Å². The van der Waals surface area contributed by atoms with Gasteiger partial charge >= 0.3 is 0 Å². The maximum absolute atomic E-state index is 12.6. The standard InChI is InChI=1S/C19H12BrNO4/c20-13-3-1-12(2-4-13)10-23-14-5-6-15-18(9-14)24-11-16(19(15)22)17-7-8-25-21-17/h1-9,11H,10H2. The van der Waals surface area contributed by atoms with Gasteiger partial charge in [0.15, 0.2) is 0 Å². The Kier molecular flexibility index (Phi) is 4.11.